The number of amides is 1. The van der Waals surface area contributed by atoms with Crippen LogP contribution in [0.4, 0.5) is 5.69 Å². The molecule has 0 spiro atoms. The number of methoxy groups -OCH3 is 3. The molecule has 0 aliphatic carbocycles. The van der Waals surface area contributed by atoms with E-state index < -0.39 is 11.2 Å². The summed E-state index contributed by atoms with van der Waals surface area (Å²) in [7, 11) is 4.63. The minimum absolute atomic E-state index is 0.204. The van der Waals surface area contributed by atoms with Crippen LogP contribution in [0.15, 0.2) is 52.0 Å². The maximum Gasteiger partial charge on any atom is 0.298 e. The van der Waals surface area contributed by atoms with Gasteiger partial charge in [-0.1, -0.05) is 6.92 Å². The lowest BCUT2D eigenvalue weighted by atomic mass is 10.2. The van der Waals surface area contributed by atoms with Crippen molar-refractivity contribution in [1.82, 2.24) is 5.27 Å². The normalized spacial score (nSPS) is 11.6. The summed E-state index contributed by atoms with van der Waals surface area (Å²) in [5.41, 5.74) is 1.14. The summed E-state index contributed by atoms with van der Waals surface area (Å²) >= 11 is 1.09. The Kier molecular flexibility index (Phi) is 7.24. The molecule has 9 nitrogen and oxygen atoms in total. The minimum Gasteiger partial charge on any atom is -0.538 e. The van der Waals surface area contributed by atoms with E-state index in [0.29, 0.717) is 35.0 Å². The van der Waals surface area contributed by atoms with Crippen LogP contribution >= 0.6 is 11.8 Å². The van der Waals surface area contributed by atoms with Crippen molar-refractivity contribution in [3.8, 4) is 28.9 Å². The Balaban J connectivity index is 1.81. The molecule has 164 valence electrons. The Hall–Kier alpha value is -3.40. The van der Waals surface area contributed by atoms with Crippen LogP contribution in [0, 0.1) is 0 Å². The number of nitrogens with zero attached hydrogens (tertiary/aromatic N) is 2. The average Bonchev–Trinajstić information content (AvgIpc) is 3.16. The topological polar surface area (TPSA) is 110 Å². The van der Waals surface area contributed by atoms with Gasteiger partial charge in [0.2, 0.25) is 11.6 Å². The minimum atomic E-state index is -0.616. The van der Waals surface area contributed by atoms with E-state index in [0.717, 1.165) is 11.8 Å². The fourth-order valence-electron chi connectivity index (χ4n) is 2.79. The van der Waals surface area contributed by atoms with Gasteiger partial charge in [-0.15, -0.1) is 0 Å². The predicted octanol–water partition coefficient (Wildman–Crippen LogP) is 2.56. The molecule has 1 aromatic heterocycles. The van der Waals surface area contributed by atoms with Crippen LogP contribution in [0.5, 0.6) is 23.2 Å². The second-order valence-corrected chi connectivity index (χ2v) is 7.57. The summed E-state index contributed by atoms with van der Waals surface area (Å²) < 4.78 is 21.9. The highest BCUT2D eigenvalue weighted by Crippen LogP contribution is 2.31. The van der Waals surface area contributed by atoms with Crippen LogP contribution in [-0.2, 0) is 4.79 Å². The molecule has 0 fully saturated rings. The predicted molar refractivity (Wildman–Crippen MR) is 112 cm³/mol. The molecule has 0 saturated carbocycles. The van der Waals surface area contributed by atoms with E-state index in [2.05, 4.69) is 10.6 Å². The molecule has 2 aromatic carbocycles. The Morgan fingerprint density at radius 2 is 1.71 bits per heavy atom. The Bertz CT molecular complexity index is 1020. The van der Waals surface area contributed by atoms with Crippen molar-refractivity contribution < 1.29 is 33.3 Å². The SMILES string of the molecule is CCC(Sc1c([O-])on[n+]1-c1ccc(OC)cc1)C(=O)Nc1cc(OC)cc(OC)c1. The van der Waals surface area contributed by atoms with E-state index in [1.54, 1.807) is 49.6 Å². The van der Waals surface area contributed by atoms with Gasteiger partial charge in [-0.25, -0.2) is 0 Å². The van der Waals surface area contributed by atoms with Crippen LogP contribution < -0.4 is 29.3 Å². The number of aromatic nitrogens is 2. The highest BCUT2D eigenvalue weighted by atomic mass is 32.2. The first-order chi connectivity index (χ1) is 15.0. The lowest BCUT2D eigenvalue weighted by Gasteiger charge is -2.14. The average molecular weight is 445 g/mol. The molecule has 31 heavy (non-hydrogen) atoms. The number of rotatable bonds is 9. The zero-order chi connectivity index (χ0) is 22.4. The zero-order valence-corrected chi connectivity index (χ0v) is 18.4. The van der Waals surface area contributed by atoms with Gasteiger partial charge < -0.3 is 29.2 Å². The fraction of sp³-hybridized carbons (Fsp3) is 0.286. The molecule has 1 amide bonds. The van der Waals surface area contributed by atoms with Gasteiger partial charge in [-0.2, -0.15) is 0 Å². The van der Waals surface area contributed by atoms with Crippen molar-refractivity contribution in [2.24, 2.45) is 0 Å². The summed E-state index contributed by atoms with van der Waals surface area (Å²) in [5, 5.41) is 18.6. The van der Waals surface area contributed by atoms with Crippen molar-refractivity contribution in [3.05, 3.63) is 42.5 Å². The van der Waals surface area contributed by atoms with Crippen molar-refractivity contribution >= 4 is 23.4 Å². The smallest absolute Gasteiger partial charge is 0.298 e. The third-order valence-electron chi connectivity index (χ3n) is 4.43. The van der Waals surface area contributed by atoms with E-state index in [1.165, 1.54) is 18.9 Å². The zero-order valence-electron chi connectivity index (χ0n) is 17.6. The van der Waals surface area contributed by atoms with Gasteiger partial charge in [-0.05, 0) is 35.0 Å². The molecule has 0 aliphatic rings. The lowest BCUT2D eigenvalue weighted by Crippen LogP contribution is -2.36. The maximum absolute atomic E-state index is 12.9. The van der Waals surface area contributed by atoms with E-state index in [1.807, 2.05) is 6.92 Å². The second-order valence-electron chi connectivity index (χ2n) is 6.38. The van der Waals surface area contributed by atoms with Gasteiger partial charge in [0.1, 0.15) is 17.2 Å². The second kappa shape index (κ2) is 10.1. The fourth-order valence-corrected chi connectivity index (χ4v) is 3.76. The first-order valence-corrected chi connectivity index (χ1v) is 10.3. The van der Waals surface area contributed by atoms with Crippen LogP contribution in [0.2, 0.25) is 0 Å². The Morgan fingerprint density at radius 1 is 1.10 bits per heavy atom. The highest BCUT2D eigenvalue weighted by molar-refractivity contribution is 8.00. The number of ether oxygens (including phenoxy) is 3. The quantitative estimate of drug-likeness (QED) is 0.395. The third-order valence-corrected chi connectivity index (χ3v) is 5.82. The number of nitrogens with one attached hydrogen (secondary N) is 1. The molecular formula is C21H23N3O6S. The van der Waals surface area contributed by atoms with Crippen LogP contribution in [0.3, 0.4) is 0 Å². The van der Waals surface area contributed by atoms with E-state index >= 15 is 0 Å². The Morgan fingerprint density at radius 3 is 2.26 bits per heavy atom. The van der Waals surface area contributed by atoms with Crippen molar-refractivity contribution in [2.75, 3.05) is 26.6 Å². The summed E-state index contributed by atoms with van der Waals surface area (Å²) in [5.74, 6) is 0.880. The molecule has 3 rings (SSSR count). The van der Waals surface area contributed by atoms with Crippen LogP contribution in [-0.4, -0.2) is 37.8 Å². The molecule has 1 heterocycles. The van der Waals surface area contributed by atoms with E-state index in [-0.39, 0.29) is 10.9 Å². The summed E-state index contributed by atoms with van der Waals surface area (Å²) in [6.07, 6.45) is 0.477. The Labute approximate surface area is 183 Å². The first kappa shape index (κ1) is 22.3. The molecular weight excluding hydrogens is 422 g/mol. The van der Waals surface area contributed by atoms with Crippen molar-refractivity contribution in [1.29, 1.82) is 0 Å². The van der Waals surface area contributed by atoms with Crippen LogP contribution in [0.25, 0.3) is 5.69 Å². The number of thioether (sulfide) groups is 1. The van der Waals surface area contributed by atoms with Gasteiger partial charge in [-0.3, -0.25) is 4.79 Å². The largest absolute Gasteiger partial charge is 0.538 e. The molecule has 0 bridgehead atoms. The van der Waals surface area contributed by atoms with Gasteiger partial charge in [0.15, 0.2) is 5.95 Å². The number of carbonyl (C=O) groups is 1. The van der Waals surface area contributed by atoms with E-state index in [9.17, 15) is 9.90 Å². The standard InChI is InChI=1S/C21H23N3O6S/c1-5-18(19(25)22-13-10-16(28-3)12-17(11-13)29-4)31-20-21(26)30-23-24(20)14-6-8-15(27-2)9-7-14/h6-12,18H,5H2,1-4H3,(H-,22,23,25,26). The molecule has 3 aromatic rings. The highest BCUT2D eigenvalue weighted by Gasteiger charge is 2.28. The summed E-state index contributed by atoms with van der Waals surface area (Å²) in [6.45, 7) is 1.86. The van der Waals surface area contributed by atoms with Gasteiger partial charge in [0.05, 0.1) is 31.9 Å². The molecule has 1 unspecified atom stereocenters. The molecule has 0 saturated heterocycles. The molecule has 1 N–H and O–H groups in total. The van der Waals surface area contributed by atoms with E-state index in [4.69, 9.17) is 18.7 Å². The van der Waals surface area contributed by atoms with Gasteiger partial charge in [0, 0.05) is 36.0 Å². The van der Waals surface area contributed by atoms with Gasteiger partial charge in [0.25, 0.3) is 5.03 Å². The molecule has 0 radical (unpaired) electrons. The van der Waals surface area contributed by atoms with Gasteiger partial charge >= 0.3 is 0 Å². The number of hydrogen-bond acceptors (Lipinski definition) is 8. The monoisotopic (exact) mass is 445 g/mol. The first-order valence-electron chi connectivity index (χ1n) is 9.43. The summed E-state index contributed by atoms with van der Waals surface area (Å²) in [4.78, 5) is 12.9. The maximum atomic E-state index is 12.9. The summed E-state index contributed by atoms with van der Waals surface area (Å²) in [6, 6.07) is 12.1. The van der Waals surface area contributed by atoms with Crippen molar-refractivity contribution in [2.45, 2.75) is 23.6 Å². The molecule has 1 atom stereocenters. The number of benzene rings is 2. The number of anilines is 1. The number of hydrogen-bond donors (Lipinski definition) is 1. The number of carbonyl (C=O) groups excluding carboxylic acids is 1. The third kappa shape index (κ3) is 5.21. The molecule has 0 aliphatic heterocycles. The lowest BCUT2D eigenvalue weighted by molar-refractivity contribution is -0.705. The van der Waals surface area contributed by atoms with Crippen molar-refractivity contribution in [3.63, 3.8) is 0 Å². The molecule has 10 heteroatoms. The van der Waals surface area contributed by atoms with Crippen LogP contribution in [0.1, 0.15) is 13.3 Å².